The van der Waals surface area contributed by atoms with E-state index in [0.717, 1.165) is 16.8 Å². The molecular weight excluding hydrogens is 277 g/mol. The monoisotopic (exact) mass is 295 g/mol. The van der Waals surface area contributed by atoms with Gasteiger partial charge in [-0.05, 0) is 42.2 Å². The largest absolute Gasteiger partial charge is 0.314 e. The number of hydrogen-bond acceptors (Lipinski definition) is 1. The second-order valence-electron chi connectivity index (χ2n) is 5.76. The zero-order valence-corrected chi connectivity index (χ0v) is 12.6. The Morgan fingerprint density at radius 1 is 1.23 bits per heavy atom. The van der Waals surface area contributed by atoms with Crippen LogP contribution < -0.4 is 4.90 Å². The van der Waals surface area contributed by atoms with Gasteiger partial charge in [0, 0.05) is 12.7 Å². The number of rotatable bonds is 4. The first kappa shape index (κ1) is 14.5. The van der Waals surface area contributed by atoms with Crippen molar-refractivity contribution < 1.29 is 9.18 Å². The minimum Gasteiger partial charge on any atom is -0.314 e. The molecule has 2 nitrogen and oxygen atoms in total. The second-order valence-corrected chi connectivity index (χ2v) is 5.76. The SMILES string of the molecule is C=CCC1(Cc2ccccc2)C(=O)N(C)c2ccc(F)cc21. The number of benzene rings is 2. The van der Waals surface area contributed by atoms with Gasteiger partial charge in [-0.15, -0.1) is 6.58 Å². The highest BCUT2D eigenvalue weighted by molar-refractivity contribution is 6.08. The van der Waals surface area contributed by atoms with Gasteiger partial charge in [-0.3, -0.25) is 4.79 Å². The van der Waals surface area contributed by atoms with E-state index in [1.54, 1.807) is 24.1 Å². The number of amides is 1. The van der Waals surface area contributed by atoms with E-state index in [-0.39, 0.29) is 11.7 Å². The third kappa shape index (κ3) is 2.13. The predicted molar refractivity (Wildman–Crippen MR) is 86.4 cm³/mol. The molecule has 1 unspecified atom stereocenters. The fraction of sp³-hybridized carbons (Fsp3) is 0.211. The van der Waals surface area contributed by atoms with Crippen LogP contribution in [0.4, 0.5) is 10.1 Å². The molecular formula is C19H18FNO. The molecule has 1 aliphatic heterocycles. The number of fused-ring (bicyclic) bond motifs is 1. The summed E-state index contributed by atoms with van der Waals surface area (Å²) < 4.78 is 13.8. The lowest BCUT2D eigenvalue weighted by Crippen LogP contribution is -2.40. The van der Waals surface area contributed by atoms with Gasteiger partial charge >= 0.3 is 0 Å². The van der Waals surface area contributed by atoms with Crippen molar-refractivity contribution in [3.05, 3.63) is 78.1 Å². The summed E-state index contributed by atoms with van der Waals surface area (Å²) in [6, 6.07) is 14.4. The molecule has 1 heterocycles. The maximum atomic E-state index is 13.8. The van der Waals surface area contributed by atoms with Crippen LogP contribution in [0.5, 0.6) is 0 Å². The Bertz CT molecular complexity index is 725. The van der Waals surface area contributed by atoms with Crippen LogP contribution in [0.2, 0.25) is 0 Å². The molecule has 3 heteroatoms. The standard InChI is InChI=1S/C19H18FNO/c1-3-11-19(13-14-7-5-4-6-8-14)16-12-15(20)9-10-17(16)21(2)18(19)22/h3-10,12H,1,11,13H2,2H3. The van der Waals surface area contributed by atoms with E-state index < -0.39 is 5.41 Å². The van der Waals surface area contributed by atoms with Crippen molar-refractivity contribution in [2.45, 2.75) is 18.3 Å². The number of nitrogens with zero attached hydrogens (tertiary/aromatic N) is 1. The molecule has 2 aromatic rings. The van der Waals surface area contributed by atoms with Gasteiger partial charge < -0.3 is 4.90 Å². The summed E-state index contributed by atoms with van der Waals surface area (Å²) in [4.78, 5) is 14.6. The van der Waals surface area contributed by atoms with Crippen LogP contribution in [0.1, 0.15) is 17.5 Å². The summed E-state index contributed by atoms with van der Waals surface area (Å²) in [5.41, 5.74) is 1.83. The van der Waals surface area contributed by atoms with E-state index in [2.05, 4.69) is 6.58 Å². The van der Waals surface area contributed by atoms with Gasteiger partial charge in [0.2, 0.25) is 5.91 Å². The van der Waals surface area contributed by atoms with Crippen molar-refractivity contribution in [2.75, 3.05) is 11.9 Å². The predicted octanol–water partition coefficient (Wildman–Crippen LogP) is 3.86. The first-order valence-electron chi connectivity index (χ1n) is 7.31. The van der Waals surface area contributed by atoms with E-state index in [9.17, 15) is 9.18 Å². The number of allylic oxidation sites excluding steroid dienone is 1. The van der Waals surface area contributed by atoms with Gasteiger partial charge in [0.25, 0.3) is 0 Å². The van der Waals surface area contributed by atoms with E-state index in [4.69, 9.17) is 0 Å². The number of halogens is 1. The summed E-state index contributed by atoms with van der Waals surface area (Å²) >= 11 is 0. The molecule has 0 saturated carbocycles. The Kier molecular flexibility index (Phi) is 3.57. The van der Waals surface area contributed by atoms with Crippen molar-refractivity contribution in [1.29, 1.82) is 0 Å². The van der Waals surface area contributed by atoms with Crippen molar-refractivity contribution in [3.8, 4) is 0 Å². The minimum absolute atomic E-state index is 0.00291. The average molecular weight is 295 g/mol. The smallest absolute Gasteiger partial charge is 0.238 e. The fourth-order valence-corrected chi connectivity index (χ4v) is 3.36. The second kappa shape index (κ2) is 5.41. The molecule has 22 heavy (non-hydrogen) atoms. The lowest BCUT2D eigenvalue weighted by atomic mass is 9.74. The number of likely N-dealkylation sites (N-methyl/N-ethyl adjacent to an activating group) is 1. The van der Waals surface area contributed by atoms with Crippen LogP contribution in [0.25, 0.3) is 0 Å². The van der Waals surface area contributed by atoms with Crippen molar-refractivity contribution in [3.63, 3.8) is 0 Å². The summed E-state index contributed by atoms with van der Waals surface area (Å²) in [6.45, 7) is 3.80. The molecule has 2 aromatic carbocycles. The highest BCUT2D eigenvalue weighted by Gasteiger charge is 2.48. The molecule has 1 aliphatic rings. The van der Waals surface area contributed by atoms with Crippen molar-refractivity contribution in [2.24, 2.45) is 0 Å². The van der Waals surface area contributed by atoms with Gasteiger partial charge in [-0.2, -0.15) is 0 Å². The van der Waals surface area contributed by atoms with Gasteiger partial charge in [0.1, 0.15) is 5.82 Å². The van der Waals surface area contributed by atoms with Crippen LogP contribution in [0.3, 0.4) is 0 Å². The van der Waals surface area contributed by atoms with Crippen LogP contribution in [0.15, 0.2) is 61.2 Å². The van der Waals surface area contributed by atoms with Gasteiger partial charge in [-0.25, -0.2) is 4.39 Å². The Morgan fingerprint density at radius 3 is 2.64 bits per heavy atom. The molecule has 112 valence electrons. The zero-order valence-electron chi connectivity index (χ0n) is 12.6. The Labute approximate surface area is 129 Å². The molecule has 0 bridgehead atoms. The molecule has 0 aromatic heterocycles. The van der Waals surface area contributed by atoms with Gasteiger partial charge in [0.15, 0.2) is 0 Å². The van der Waals surface area contributed by atoms with Gasteiger partial charge in [-0.1, -0.05) is 36.4 Å². The maximum Gasteiger partial charge on any atom is 0.238 e. The molecule has 0 spiro atoms. The molecule has 1 amide bonds. The Balaban J connectivity index is 2.16. The Hall–Kier alpha value is -2.42. The molecule has 0 fully saturated rings. The van der Waals surface area contributed by atoms with Gasteiger partial charge in [0.05, 0.1) is 5.41 Å². The lowest BCUT2D eigenvalue weighted by molar-refractivity contribution is -0.122. The number of anilines is 1. The summed E-state index contributed by atoms with van der Waals surface area (Å²) in [5, 5.41) is 0. The zero-order chi connectivity index (χ0) is 15.7. The summed E-state index contributed by atoms with van der Waals surface area (Å²) in [6.07, 6.45) is 2.77. The fourth-order valence-electron chi connectivity index (χ4n) is 3.36. The topological polar surface area (TPSA) is 20.3 Å². The first-order valence-corrected chi connectivity index (χ1v) is 7.31. The lowest BCUT2D eigenvalue weighted by Gasteiger charge is -2.27. The quantitative estimate of drug-likeness (QED) is 0.784. The maximum absolute atomic E-state index is 13.8. The minimum atomic E-state index is -0.769. The molecule has 0 saturated heterocycles. The van der Waals surface area contributed by atoms with Crippen molar-refractivity contribution in [1.82, 2.24) is 0 Å². The Morgan fingerprint density at radius 2 is 1.95 bits per heavy atom. The molecule has 0 aliphatic carbocycles. The molecule has 3 rings (SSSR count). The van der Waals surface area contributed by atoms with Crippen LogP contribution in [-0.2, 0) is 16.6 Å². The first-order chi connectivity index (χ1) is 10.6. The third-order valence-electron chi connectivity index (χ3n) is 4.39. The molecule has 0 radical (unpaired) electrons. The number of carbonyl (C=O) groups is 1. The number of carbonyl (C=O) groups excluding carboxylic acids is 1. The van der Waals surface area contributed by atoms with E-state index in [1.807, 2.05) is 30.3 Å². The number of hydrogen-bond donors (Lipinski definition) is 0. The van der Waals surface area contributed by atoms with Crippen LogP contribution >= 0.6 is 0 Å². The van der Waals surface area contributed by atoms with Crippen molar-refractivity contribution >= 4 is 11.6 Å². The van der Waals surface area contributed by atoms with E-state index in [1.165, 1.54) is 12.1 Å². The highest BCUT2D eigenvalue weighted by Crippen LogP contribution is 2.46. The van der Waals surface area contributed by atoms with E-state index in [0.29, 0.717) is 12.8 Å². The summed E-state index contributed by atoms with van der Waals surface area (Å²) in [7, 11) is 1.74. The third-order valence-corrected chi connectivity index (χ3v) is 4.39. The molecule has 1 atom stereocenters. The normalized spacial score (nSPS) is 20.1. The van der Waals surface area contributed by atoms with Crippen LogP contribution in [-0.4, -0.2) is 13.0 Å². The molecule has 0 N–H and O–H groups in total. The highest BCUT2D eigenvalue weighted by atomic mass is 19.1. The van der Waals surface area contributed by atoms with E-state index >= 15 is 0 Å². The average Bonchev–Trinajstić information content (AvgIpc) is 2.71. The summed E-state index contributed by atoms with van der Waals surface area (Å²) in [5.74, 6) is -0.319. The van der Waals surface area contributed by atoms with Crippen LogP contribution in [0, 0.1) is 5.82 Å².